The van der Waals surface area contributed by atoms with Crippen LogP contribution >= 0.6 is 15.9 Å². The van der Waals surface area contributed by atoms with Gasteiger partial charge in [0.25, 0.3) is 0 Å². The first-order valence-corrected chi connectivity index (χ1v) is 12.4. The van der Waals surface area contributed by atoms with E-state index in [1.54, 1.807) is 12.4 Å². The normalized spacial score (nSPS) is 11.2. The van der Waals surface area contributed by atoms with E-state index >= 15 is 0 Å². The number of ether oxygens (including phenoxy) is 1. The van der Waals surface area contributed by atoms with Crippen molar-refractivity contribution in [3.63, 3.8) is 0 Å². The Labute approximate surface area is 224 Å². The average molecular weight is 579 g/mol. The third-order valence-corrected chi connectivity index (χ3v) is 6.21. The van der Waals surface area contributed by atoms with Gasteiger partial charge in [0, 0.05) is 71.0 Å². The van der Waals surface area contributed by atoms with Crippen LogP contribution in [0.4, 0.5) is 0 Å². The molecule has 0 aliphatic carbocycles. The van der Waals surface area contributed by atoms with E-state index < -0.39 is 11.9 Å². The highest BCUT2D eigenvalue weighted by molar-refractivity contribution is 9.10. The van der Waals surface area contributed by atoms with Gasteiger partial charge in [-0.25, -0.2) is 9.59 Å². The minimum Gasteiger partial charge on any atom is -0.493 e. The summed E-state index contributed by atoms with van der Waals surface area (Å²) in [6, 6.07) is 13.8. The van der Waals surface area contributed by atoms with Crippen LogP contribution in [0.1, 0.15) is 17.5 Å². The van der Waals surface area contributed by atoms with Gasteiger partial charge in [-0.1, -0.05) is 28.1 Å². The van der Waals surface area contributed by atoms with Crippen LogP contribution in [0.25, 0.3) is 27.2 Å². The molecule has 3 aromatic heterocycles. The zero-order valence-electron chi connectivity index (χ0n) is 20.0. The highest BCUT2D eigenvalue weighted by atomic mass is 79.9. The van der Waals surface area contributed by atoms with Gasteiger partial charge in [-0.2, -0.15) is 0 Å². The Morgan fingerprint density at radius 3 is 2.42 bits per heavy atom. The predicted molar refractivity (Wildman–Crippen MR) is 146 cm³/mol. The number of fused-ring (bicyclic) bond motifs is 3. The van der Waals surface area contributed by atoms with E-state index in [1.165, 1.54) is 0 Å². The predicted octanol–water partition coefficient (Wildman–Crippen LogP) is 4.27. The molecular weight excluding hydrogens is 556 g/mol. The standard InChI is InChI=1S/C24H19BrN2O3.C4H4O4/c25-17-4-5-19-20-11-18(30-8-2-7-28)12-21-23(20)27(22(19)10-17)14-16(24(21)29)9-15-3-1-6-26-13-15;5-3(6)1-2-4(7)8/h1,3-6,10-14,28H,2,7-9H2;1-2H,(H,5,6)(H,7,8). The number of nitrogens with zero attached hydrogens (tertiary/aromatic N) is 2. The van der Waals surface area contributed by atoms with Crippen molar-refractivity contribution in [2.45, 2.75) is 12.8 Å². The van der Waals surface area contributed by atoms with E-state index in [9.17, 15) is 14.4 Å². The number of pyridine rings is 2. The maximum Gasteiger partial charge on any atom is 0.328 e. The lowest BCUT2D eigenvalue weighted by molar-refractivity contribution is -0.134. The minimum absolute atomic E-state index is 0.00540. The maximum atomic E-state index is 13.4. The molecule has 0 radical (unpaired) electrons. The zero-order chi connectivity index (χ0) is 27.2. The fourth-order valence-electron chi connectivity index (χ4n) is 4.15. The first kappa shape index (κ1) is 26.8. The first-order valence-electron chi connectivity index (χ1n) is 11.6. The molecule has 38 heavy (non-hydrogen) atoms. The molecule has 194 valence electrons. The molecule has 5 rings (SSSR count). The lowest BCUT2D eigenvalue weighted by Crippen LogP contribution is -2.12. The molecule has 0 aliphatic rings. The smallest absolute Gasteiger partial charge is 0.328 e. The highest BCUT2D eigenvalue weighted by Gasteiger charge is 2.18. The lowest BCUT2D eigenvalue weighted by Gasteiger charge is -2.09. The summed E-state index contributed by atoms with van der Waals surface area (Å²) < 4.78 is 8.93. The molecule has 0 amide bonds. The van der Waals surface area contributed by atoms with Crippen molar-refractivity contribution in [1.82, 2.24) is 9.38 Å². The topological polar surface area (TPSA) is 138 Å². The number of carboxylic acids is 2. The average Bonchev–Trinajstić information content (AvgIpc) is 3.19. The fraction of sp³-hybridized carbons (Fsp3) is 0.143. The Balaban J connectivity index is 0.000000368. The van der Waals surface area contributed by atoms with Gasteiger partial charge in [0.05, 0.1) is 23.0 Å². The van der Waals surface area contributed by atoms with E-state index in [1.807, 2.05) is 36.5 Å². The molecule has 0 bridgehead atoms. The highest BCUT2D eigenvalue weighted by Crippen LogP contribution is 2.35. The Hall–Kier alpha value is -4.28. The Kier molecular flexibility index (Phi) is 8.35. The number of aliphatic hydroxyl groups is 1. The molecule has 3 N–H and O–H groups in total. The third-order valence-electron chi connectivity index (χ3n) is 5.71. The van der Waals surface area contributed by atoms with E-state index in [0.717, 1.165) is 31.8 Å². The molecule has 0 fully saturated rings. The molecule has 0 spiro atoms. The summed E-state index contributed by atoms with van der Waals surface area (Å²) in [6.45, 7) is 0.470. The number of halogens is 1. The lowest BCUT2D eigenvalue weighted by atomic mass is 10.0. The quantitative estimate of drug-likeness (QED) is 0.183. The van der Waals surface area contributed by atoms with Crippen LogP contribution in [-0.4, -0.2) is 49.9 Å². The summed E-state index contributed by atoms with van der Waals surface area (Å²) in [6.07, 6.45) is 7.64. The minimum atomic E-state index is -1.26. The van der Waals surface area contributed by atoms with Crippen LogP contribution in [0.3, 0.4) is 0 Å². The number of carboxylic acid groups (broad SMARTS) is 2. The van der Waals surface area contributed by atoms with Crippen LogP contribution < -0.4 is 10.2 Å². The van der Waals surface area contributed by atoms with Gasteiger partial charge in [-0.15, -0.1) is 0 Å². The summed E-state index contributed by atoms with van der Waals surface area (Å²) in [4.78, 5) is 36.7. The summed E-state index contributed by atoms with van der Waals surface area (Å²) in [5, 5.41) is 27.4. The molecule has 5 aromatic rings. The van der Waals surface area contributed by atoms with Gasteiger partial charge >= 0.3 is 11.9 Å². The van der Waals surface area contributed by atoms with E-state index in [0.29, 0.717) is 48.3 Å². The van der Waals surface area contributed by atoms with Crippen LogP contribution in [-0.2, 0) is 16.0 Å². The second-order valence-corrected chi connectivity index (χ2v) is 9.27. The number of hydrogen-bond donors (Lipinski definition) is 3. The summed E-state index contributed by atoms with van der Waals surface area (Å²) in [7, 11) is 0. The van der Waals surface area contributed by atoms with Crippen molar-refractivity contribution in [2.75, 3.05) is 13.2 Å². The number of hydrogen-bond acceptors (Lipinski definition) is 6. The molecule has 0 saturated heterocycles. The maximum absolute atomic E-state index is 13.4. The number of rotatable bonds is 8. The number of benzene rings is 2. The van der Waals surface area contributed by atoms with Crippen LogP contribution in [0.5, 0.6) is 5.75 Å². The molecule has 0 saturated carbocycles. The van der Waals surface area contributed by atoms with Crippen molar-refractivity contribution >= 4 is 55.1 Å². The number of aromatic nitrogens is 2. The Morgan fingerprint density at radius 2 is 1.76 bits per heavy atom. The summed E-state index contributed by atoms with van der Waals surface area (Å²) in [5.74, 6) is -1.87. The second kappa shape index (κ2) is 11.8. The molecular formula is C28H23BrN2O7. The van der Waals surface area contributed by atoms with Gasteiger partial charge in [-0.3, -0.25) is 9.78 Å². The Bertz CT molecular complexity index is 1680. The van der Waals surface area contributed by atoms with Gasteiger partial charge < -0.3 is 24.5 Å². The third kappa shape index (κ3) is 5.99. The Morgan fingerprint density at radius 1 is 1.03 bits per heavy atom. The van der Waals surface area contributed by atoms with Gasteiger partial charge in [0.1, 0.15) is 5.75 Å². The van der Waals surface area contributed by atoms with Crippen molar-refractivity contribution in [1.29, 1.82) is 0 Å². The van der Waals surface area contributed by atoms with E-state index in [2.05, 4.69) is 37.4 Å². The second-order valence-electron chi connectivity index (χ2n) is 8.36. The van der Waals surface area contributed by atoms with Crippen LogP contribution in [0.2, 0.25) is 0 Å². The fourth-order valence-corrected chi connectivity index (χ4v) is 4.50. The summed E-state index contributed by atoms with van der Waals surface area (Å²) >= 11 is 3.57. The largest absolute Gasteiger partial charge is 0.493 e. The molecule has 0 unspecified atom stereocenters. The zero-order valence-corrected chi connectivity index (χ0v) is 21.6. The van der Waals surface area contributed by atoms with E-state index in [4.69, 9.17) is 20.1 Å². The molecule has 9 nitrogen and oxygen atoms in total. The van der Waals surface area contributed by atoms with Crippen molar-refractivity contribution in [3.05, 3.63) is 99.0 Å². The molecule has 3 heterocycles. The van der Waals surface area contributed by atoms with Crippen molar-refractivity contribution in [2.24, 2.45) is 0 Å². The van der Waals surface area contributed by atoms with Crippen LogP contribution in [0.15, 0.2) is 82.5 Å². The number of carbonyl (C=O) groups is 2. The molecule has 10 heteroatoms. The SMILES string of the molecule is O=C(O)C=CC(=O)O.O=c1c(Cc2cccnc2)cn2c3cc(Br)ccc3c3cc(OCCCO)cc1c32. The summed E-state index contributed by atoms with van der Waals surface area (Å²) in [5.41, 5.74) is 3.64. The van der Waals surface area contributed by atoms with Crippen molar-refractivity contribution in [3.8, 4) is 5.75 Å². The van der Waals surface area contributed by atoms with Gasteiger partial charge in [0.2, 0.25) is 0 Å². The van der Waals surface area contributed by atoms with Crippen LogP contribution in [0, 0.1) is 0 Å². The van der Waals surface area contributed by atoms with Gasteiger partial charge in [-0.05, 0) is 35.9 Å². The van der Waals surface area contributed by atoms with E-state index in [-0.39, 0.29) is 12.0 Å². The first-order chi connectivity index (χ1) is 18.3. The van der Waals surface area contributed by atoms with Gasteiger partial charge in [0.15, 0.2) is 5.43 Å². The number of aliphatic carboxylic acids is 2. The molecule has 2 aromatic carbocycles. The van der Waals surface area contributed by atoms with Crippen molar-refractivity contribution < 1.29 is 29.6 Å². The number of aliphatic hydroxyl groups excluding tert-OH is 1. The molecule has 0 aliphatic heterocycles. The molecule has 0 atom stereocenters. The monoisotopic (exact) mass is 578 g/mol.